The fourth-order valence-corrected chi connectivity index (χ4v) is 7.78. The Kier molecular flexibility index (Phi) is 4.93. The molecule has 1 saturated carbocycles. The molecule has 8 atom stereocenters. The molecule has 5 nitrogen and oxygen atoms in total. The van der Waals surface area contributed by atoms with Crippen LogP contribution in [-0.4, -0.2) is 63.6 Å². The minimum atomic E-state index is -0.888. The van der Waals surface area contributed by atoms with Crippen LogP contribution in [0.1, 0.15) is 45.1 Å². The number of ether oxygens (including phenoxy) is 1. The number of nitrogens with zero attached hydrogens (tertiary/aromatic N) is 2. The second-order valence-electron chi connectivity index (χ2n) is 11.5. The summed E-state index contributed by atoms with van der Waals surface area (Å²) in [6, 6.07) is 3.93. The third-order valence-electron chi connectivity index (χ3n) is 9.84. The van der Waals surface area contributed by atoms with E-state index in [1.54, 1.807) is 6.20 Å². The first-order chi connectivity index (χ1) is 16.2. The number of aliphatic hydroxyl groups is 2. The molecule has 2 N–H and O–H groups in total. The van der Waals surface area contributed by atoms with Gasteiger partial charge in [0.05, 0.1) is 17.3 Å². The van der Waals surface area contributed by atoms with E-state index < -0.39 is 17.8 Å². The van der Waals surface area contributed by atoms with Gasteiger partial charge in [0.1, 0.15) is 6.10 Å². The van der Waals surface area contributed by atoms with Gasteiger partial charge in [-0.05, 0) is 74.0 Å². The maximum absolute atomic E-state index is 11.1. The van der Waals surface area contributed by atoms with Crippen LogP contribution < -0.4 is 0 Å². The molecule has 8 unspecified atom stereocenters. The van der Waals surface area contributed by atoms with Gasteiger partial charge in [-0.3, -0.25) is 4.98 Å². The van der Waals surface area contributed by atoms with Crippen molar-refractivity contribution in [3.8, 4) is 0 Å². The summed E-state index contributed by atoms with van der Waals surface area (Å²) in [7, 11) is 3.96. The monoisotopic (exact) mass is 460 g/mol. The van der Waals surface area contributed by atoms with Crippen LogP contribution in [0.15, 0.2) is 65.5 Å². The van der Waals surface area contributed by atoms with E-state index in [1.165, 1.54) is 11.1 Å². The highest BCUT2D eigenvalue weighted by Crippen LogP contribution is 2.67. The average Bonchev–Trinajstić information content (AvgIpc) is 3.33. The fraction of sp³-hybridized carbons (Fsp3) is 0.552. The zero-order chi connectivity index (χ0) is 23.9. The van der Waals surface area contributed by atoms with Gasteiger partial charge in [-0.1, -0.05) is 50.3 Å². The van der Waals surface area contributed by atoms with E-state index in [0.29, 0.717) is 11.8 Å². The molecule has 2 aliphatic heterocycles. The Morgan fingerprint density at radius 1 is 1.21 bits per heavy atom. The van der Waals surface area contributed by atoms with Crippen molar-refractivity contribution >= 4 is 6.08 Å². The molecule has 1 aromatic heterocycles. The summed E-state index contributed by atoms with van der Waals surface area (Å²) in [4.78, 5) is 6.28. The summed E-state index contributed by atoms with van der Waals surface area (Å²) in [6.45, 7) is 4.72. The summed E-state index contributed by atoms with van der Waals surface area (Å²) in [6.07, 6.45) is 17.0. The zero-order valence-electron chi connectivity index (χ0n) is 20.6. The number of likely N-dealkylation sites (N-methyl/N-ethyl adjacent to an activating group) is 1. The Bertz CT molecular complexity index is 1120. The van der Waals surface area contributed by atoms with Gasteiger partial charge in [0.25, 0.3) is 0 Å². The van der Waals surface area contributed by atoms with Crippen LogP contribution in [0.3, 0.4) is 0 Å². The van der Waals surface area contributed by atoms with E-state index in [2.05, 4.69) is 55.3 Å². The molecule has 5 aliphatic rings. The van der Waals surface area contributed by atoms with E-state index in [-0.39, 0.29) is 17.1 Å². The molecule has 0 radical (unpaired) electrons. The van der Waals surface area contributed by atoms with E-state index in [0.717, 1.165) is 36.8 Å². The molecule has 2 fully saturated rings. The Balaban J connectivity index is 1.40. The SMILES string of the molecule is CC1C=C2C=C3C(O)C(O)C(N(C)C)CC34CCC2(O4)C2CC=C(C=Cc3cccnc3)C12C. The fourth-order valence-electron chi connectivity index (χ4n) is 7.78. The van der Waals surface area contributed by atoms with Crippen LogP contribution in [0, 0.1) is 17.3 Å². The van der Waals surface area contributed by atoms with Gasteiger partial charge in [-0.2, -0.15) is 0 Å². The normalized spacial score (nSPS) is 44.9. The summed E-state index contributed by atoms with van der Waals surface area (Å²) in [5, 5.41) is 22.0. The molecule has 180 valence electrons. The summed E-state index contributed by atoms with van der Waals surface area (Å²) < 4.78 is 7.22. The quantitative estimate of drug-likeness (QED) is 0.716. The Morgan fingerprint density at radius 2 is 2.03 bits per heavy atom. The minimum absolute atomic E-state index is 0.0210. The number of rotatable bonds is 3. The van der Waals surface area contributed by atoms with Gasteiger partial charge in [-0.25, -0.2) is 0 Å². The Hall–Kier alpha value is -2.05. The van der Waals surface area contributed by atoms with Gasteiger partial charge in [0.15, 0.2) is 0 Å². The molecule has 0 aromatic carbocycles. The van der Waals surface area contributed by atoms with E-state index >= 15 is 0 Å². The van der Waals surface area contributed by atoms with Crippen LogP contribution in [-0.2, 0) is 4.74 Å². The number of hydrogen-bond donors (Lipinski definition) is 2. The van der Waals surface area contributed by atoms with E-state index in [9.17, 15) is 10.2 Å². The van der Waals surface area contributed by atoms with Gasteiger partial charge in [0, 0.05) is 29.8 Å². The minimum Gasteiger partial charge on any atom is -0.388 e. The lowest BCUT2D eigenvalue weighted by Gasteiger charge is -2.57. The van der Waals surface area contributed by atoms with Crippen molar-refractivity contribution in [2.45, 2.75) is 69.0 Å². The number of fused-ring (bicyclic) bond motifs is 1. The highest BCUT2D eigenvalue weighted by molar-refractivity contribution is 5.57. The molecular formula is C29H36N2O3. The molecule has 0 amide bonds. The van der Waals surface area contributed by atoms with E-state index in [1.807, 2.05) is 31.3 Å². The number of pyridine rings is 1. The molecule has 34 heavy (non-hydrogen) atoms. The number of aromatic nitrogens is 1. The molecular weight excluding hydrogens is 424 g/mol. The molecule has 2 spiro atoms. The smallest absolute Gasteiger partial charge is 0.105 e. The lowest BCUT2D eigenvalue weighted by Crippen LogP contribution is -2.62. The standard InChI is InChI=1S/C29H36N2O3/c1-18-14-21-15-22-25(32)26(33)23(31(3)4)16-28(22)11-12-29(21,34-28)24-10-9-20(27(18,24)2)8-7-19-6-5-13-30-17-19/h5-9,13-15,17-18,23-26,32-33H,10-12,16H2,1-4H3. The molecule has 1 aromatic rings. The maximum atomic E-state index is 11.1. The van der Waals surface area contributed by atoms with Gasteiger partial charge >= 0.3 is 0 Å². The first-order valence-corrected chi connectivity index (χ1v) is 12.7. The highest BCUT2D eigenvalue weighted by atomic mass is 16.5. The third kappa shape index (κ3) is 2.84. The molecule has 3 heterocycles. The zero-order valence-corrected chi connectivity index (χ0v) is 20.6. The third-order valence-corrected chi connectivity index (χ3v) is 9.84. The van der Waals surface area contributed by atoms with Crippen molar-refractivity contribution < 1.29 is 14.9 Å². The Morgan fingerprint density at radius 3 is 2.76 bits per heavy atom. The lowest BCUT2D eigenvalue weighted by molar-refractivity contribution is -0.166. The number of aliphatic hydroxyl groups excluding tert-OH is 2. The lowest BCUT2D eigenvalue weighted by atomic mass is 9.55. The van der Waals surface area contributed by atoms with Crippen LogP contribution in [0.4, 0.5) is 0 Å². The topological polar surface area (TPSA) is 65.8 Å². The van der Waals surface area contributed by atoms with Gasteiger partial charge in [-0.15, -0.1) is 0 Å². The predicted octanol–water partition coefficient (Wildman–Crippen LogP) is 3.91. The van der Waals surface area contributed by atoms with Crippen LogP contribution >= 0.6 is 0 Å². The molecule has 2 bridgehead atoms. The highest BCUT2D eigenvalue weighted by Gasteiger charge is 2.68. The molecule has 1 saturated heterocycles. The van der Waals surface area contributed by atoms with Gasteiger partial charge in [0.2, 0.25) is 0 Å². The summed E-state index contributed by atoms with van der Waals surface area (Å²) in [5.41, 5.74) is 3.75. The Labute approximate surface area is 202 Å². The average molecular weight is 461 g/mol. The van der Waals surface area contributed by atoms with Gasteiger partial charge < -0.3 is 19.8 Å². The largest absolute Gasteiger partial charge is 0.388 e. The molecule has 3 aliphatic carbocycles. The first kappa shape index (κ1) is 22.4. The maximum Gasteiger partial charge on any atom is 0.105 e. The summed E-state index contributed by atoms with van der Waals surface area (Å²) >= 11 is 0. The van der Waals surface area contributed by atoms with Crippen molar-refractivity contribution in [1.82, 2.24) is 9.88 Å². The molecule has 5 heteroatoms. The van der Waals surface area contributed by atoms with Crippen molar-refractivity contribution in [1.29, 1.82) is 0 Å². The van der Waals surface area contributed by atoms with E-state index in [4.69, 9.17) is 4.74 Å². The second-order valence-corrected chi connectivity index (χ2v) is 11.5. The number of allylic oxidation sites excluding steroid dienone is 4. The van der Waals surface area contributed by atoms with Crippen LogP contribution in [0.25, 0.3) is 6.08 Å². The van der Waals surface area contributed by atoms with Crippen LogP contribution in [0.5, 0.6) is 0 Å². The number of hydrogen-bond acceptors (Lipinski definition) is 5. The first-order valence-electron chi connectivity index (χ1n) is 12.7. The molecule has 6 rings (SSSR count). The van der Waals surface area contributed by atoms with Crippen molar-refractivity contribution in [2.75, 3.05) is 14.1 Å². The predicted molar refractivity (Wildman–Crippen MR) is 133 cm³/mol. The van der Waals surface area contributed by atoms with Crippen molar-refractivity contribution in [2.24, 2.45) is 17.3 Å². The second kappa shape index (κ2) is 7.47. The van der Waals surface area contributed by atoms with Crippen LogP contribution in [0.2, 0.25) is 0 Å². The van der Waals surface area contributed by atoms with Crippen molar-refractivity contribution in [3.63, 3.8) is 0 Å². The summed E-state index contributed by atoms with van der Waals surface area (Å²) in [5.74, 6) is 0.682. The van der Waals surface area contributed by atoms with Crippen molar-refractivity contribution in [3.05, 3.63) is 71.1 Å².